The first-order valence-corrected chi connectivity index (χ1v) is 5.82. The van der Waals surface area contributed by atoms with Gasteiger partial charge in [-0.3, -0.25) is 9.67 Å². The van der Waals surface area contributed by atoms with E-state index < -0.39 is 0 Å². The van der Waals surface area contributed by atoms with E-state index in [9.17, 15) is 5.11 Å². The van der Waals surface area contributed by atoms with Crippen LogP contribution in [0.15, 0.2) is 24.4 Å². The van der Waals surface area contributed by atoms with Gasteiger partial charge < -0.3 is 5.11 Å². The van der Waals surface area contributed by atoms with Gasteiger partial charge in [0.25, 0.3) is 0 Å². The summed E-state index contributed by atoms with van der Waals surface area (Å²) in [6.07, 6.45) is 1.71. The summed E-state index contributed by atoms with van der Waals surface area (Å²) < 4.78 is 1.79. The van der Waals surface area contributed by atoms with Crippen LogP contribution in [0.5, 0.6) is 0 Å². The zero-order valence-electron chi connectivity index (χ0n) is 9.76. The molecule has 17 heavy (non-hydrogen) atoms. The number of aliphatic hydroxyl groups excluding tert-OH is 1. The van der Waals surface area contributed by atoms with Gasteiger partial charge in [0, 0.05) is 12.2 Å². The summed E-state index contributed by atoms with van der Waals surface area (Å²) >= 11 is 6.22. The molecule has 1 N–H and O–H groups in total. The molecule has 0 amide bonds. The highest BCUT2D eigenvalue weighted by molar-refractivity contribution is 6.33. The minimum atomic E-state index is -0.168. The molecular weight excluding hydrogens is 238 g/mol. The van der Waals surface area contributed by atoms with E-state index in [0.717, 1.165) is 11.4 Å². The van der Waals surface area contributed by atoms with Crippen molar-refractivity contribution in [2.75, 3.05) is 0 Å². The third kappa shape index (κ3) is 2.18. The van der Waals surface area contributed by atoms with Gasteiger partial charge in [0.15, 0.2) is 0 Å². The molecule has 0 fully saturated rings. The van der Waals surface area contributed by atoms with E-state index in [4.69, 9.17) is 11.6 Å². The molecule has 2 aromatic heterocycles. The summed E-state index contributed by atoms with van der Waals surface area (Å²) in [4.78, 5) is 4.27. The lowest BCUT2D eigenvalue weighted by molar-refractivity contribution is 0.274. The van der Waals surface area contributed by atoms with Crippen molar-refractivity contribution in [3.05, 3.63) is 35.1 Å². The number of halogens is 1. The van der Waals surface area contributed by atoms with Crippen molar-refractivity contribution >= 4 is 11.6 Å². The van der Waals surface area contributed by atoms with E-state index in [1.165, 1.54) is 0 Å². The third-order valence-electron chi connectivity index (χ3n) is 2.47. The van der Waals surface area contributed by atoms with Crippen molar-refractivity contribution in [3.63, 3.8) is 0 Å². The number of rotatable bonds is 3. The molecule has 2 aromatic rings. The molecule has 0 spiro atoms. The maximum absolute atomic E-state index is 9.20. The number of aromatic nitrogens is 3. The zero-order chi connectivity index (χ0) is 12.4. The maximum Gasteiger partial charge on any atom is 0.107 e. The smallest absolute Gasteiger partial charge is 0.107 e. The molecule has 0 aliphatic rings. The average Bonchev–Trinajstić information content (AvgIpc) is 2.67. The molecule has 0 unspecified atom stereocenters. The van der Waals surface area contributed by atoms with Gasteiger partial charge >= 0.3 is 0 Å². The first-order chi connectivity index (χ1) is 8.15. The highest BCUT2D eigenvalue weighted by atomic mass is 35.5. The molecule has 0 aromatic carbocycles. The largest absolute Gasteiger partial charge is 0.390 e. The molecule has 0 saturated carbocycles. The molecule has 0 aliphatic carbocycles. The molecule has 90 valence electrons. The number of pyridine rings is 1. The van der Waals surface area contributed by atoms with E-state index >= 15 is 0 Å². The Morgan fingerprint density at radius 1 is 1.41 bits per heavy atom. The Bertz CT molecular complexity index is 508. The monoisotopic (exact) mass is 251 g/mol. The topological polar surface area (TPSA) is 50.9 Å². The molecular formula is C12H14ClN3O. The lowest BCUT2D eigenvalue weighted by atomic mass is 10.2. The van der Waals surface area contributed by atoms with Gasteiger partial charge in [-0.2, -0.15) is 5.10 Å². The Balaban J connectivity index is 2.63. The van der Waals surface area contributed by atoms with Crippen molar-refractivity contribution in [3.8, 4) is 11.4 Å². The van der Waals surface area contributed by atoms with Gasteiger partial charge in [-0.05, 0) is 26.0 Å². The van der Waals surface area contributed by atoms with Crippen LogP contribution in [0.4, 0.5) is 0 Å². The van der Waals surface area contributed by atoms with Crippen molar-refractivity contribution in [2.24, 2.45) is 0 Å². The van der Waals surface area contributed by atoms with Gasteiger partial charge in [0.1, 0.15) is 11.4 Å². The van der Waals surface area contributed by atoms with E-state index in [1.807, 2.05) is 32.0 Å². The SMILES string of the molecule is CC(C)n1nc(CO)c(Cl)c1-c1ccccn1. The number of hydrogen-bond acceptors (Lipinski definition) is 3. The maximum atomic E-state index is 9.20. The van der Waals surface area contributed by atoms with Crippen molar-refractivity contribution in [2.45, 2.75) is 26.5 Å². The summed E-state index contributed by atoms with van der Waals surface area (Å²) in [6.45, 7) is 3.85. The van der Waals surface area contributed by atoms with Gasteiger partial charge in [-0.25, -0.2) is 0 Å². The highest BCUT2D eigenvalue weighted by Crippen LogP contribution is 2.31. The van der Waals surface area contributed by atoms with Crippen molar-refractivity contribution in [1.82, 2.24) is 14.8 Å². The standard InChI is InChI=1S/C12H14ClN3O/c1-8(2)16-12(9-5-3-4-6-14-9)11(13)10(7-17)15-16/h3-6,8,17H,7H2,1-2H3. The molecule has 0 radical (unpaired) electrons. The van der Waals surface area contributed by atoms with Gasteiger partial charge in [-0.1, -0.05) is 17.7 Å². The van der Waals surface area contributed by atoms with E-state index in [0.29, 0.717) is 10.7 Å². The summed E-state index contributed by atoms with van der Waals surface area (Å²) in [5.74, 6) is 0. The second-order valence-electron chi connectivity index (χ2n) is 4.02. The van der Waals surface area contributed by atoms with Crippen LogP contribution in [0.1, 0.15) is 25.6 Å². The molecule has 0 saturated heterocycles. The second kappa shape index (κ2) is 4.85. The Morgan fingerprint density at radius 2 is 2.18 bits per heavy atom. The quantitative estimate of drug-likeness (QED) is 0.913. The minimum Gasteiger partial charge on any atom is -0.390 e. The third-order valence-corrected chi connectivity index (χ3v) is 2.86. The van der Waals surface area contributed by atoms with E-state index in [1.54, 1.807) is 10.9 Å². The second-order valence-corrected chi connectivity index (χ2v) is 4.40. The molecule has 0 atom stereocenters. The fourth-order valence-electron chi connectivity index (χ4n) is 1.67. The lowest BCUT2D eigenvalue weighted by Gasteiger charge is -2.10. The molecule has 2 rings (SSSR count). The highest BCUT2D eigenvalue weighted by Gasteiger charge is 2.19. The summed E-state index contributed by atoms with van der Waals surface area (Å²) in [6, 6.07) is 5.78. The Labute approximate surface area is 105 Å². The van der Waals surface area contributed by atoms with Crippen LogP contribution < -0.4 is 0 Å². The van der Waals surface area contributed by atoms with Crippen LogP contribution in [0.3, 0.4) is 0 Å². The van der Waals surface area contributed by atoms with Crippen LogP contribution >= 0.6 is 11.6 Å². The van der Waals surface area contributed by atoms with Gasteiger partial charge in [-0.15, -0.1) is 0 Å². The predicted octanol–water partition coefficient (Wildman–Crippen LogP) is 2.67. The number of nitrogens with zero attached hydrogens (tertiary/aromatic N) is 3. The molecule has 2 heterocycles. The Kier molecular flexibility index (Phi) is 3.45. The lowest BCUT2D eigenvalue weighted by Crippen LogP contribution is -2.05. The Morgan fingerprint density at radius 3 is 2.71 bits per heavy atom. The van der Waals surface area contributed by atoms with Gasteiger partial charge in [0.05, 0.1) is 17.3 Å². The summed E-state index contributed by atoms with van der Waals surface area (Å²) in [7, 11) is 0. The van der Waals surface area contributed by atoms with Crippen molar-refractivity contribution < 1.29 is 5.11 Å². The fourth-order valence-corrected chi connectivity index (χ4v) is 1.95. The zero-order valence-corrected chi connectivity index (χ0v) is 10.5. The van der Waals surface area contributed by atoms with E-state index in [-0.39, 0.29) is 12.6 Å². The Hall–Kier alpha value is -1.39. The fraction of sp³-hybridized carbons (Fsp3) is 0.333. The number of hydrogen-bond donors (Lipinski definition) is 1. The van der Waals surface area contributed by atoms with Crippen LogP contribution in [-0.4, -0.2) is 19.9 Å². The van der Waals surface area contributed by atoms with E-state index in [2.05, 4.69) is 10.1 Å². The first-order valence-electron chi connectivity index (χ1n) is 5.44. The molecule has 4 nitrogen and oxygen atoms in total. The van der Waals surface area contributed by atoms with Crippen LogP contribution in [0.25, 0.3) is 11.4 Å². The molecule has 0 aliphatic heterocycles. The molecule has 5 heteroatoms. The average molecular weight is 252 g/mol. The summed E-state index contributed by atoms with van der Waals surface area (Å²) in [5, 5.41) is 14.0. The number of aliphatic hydroxyl groups is 1. The predicted molar refractivity (Wildman–Crippen MR) is 66.8 cm³/mol. The van der Waals surface area contributed by atoms with Crippen LogP contribution in [-0.2, 0) is 6.61 Å². The van der Waals surface area contributed by atoms with Crippen LogP contribution in [0, 0.1) is 0 Å². The first kappa shape index (κ1) is 12.1. The summed E-state index contributed by atoms with van der Waals surface area (Å²) in [5.41, 5.74) is 2.01. The van der Waals surface area contributed by atoms with Gasteiger partial charge in [0.2, 0.25) is 0 Å². The molecule has 0 bridgehead atoms. The normalized spacial score (nSPS) is 11.1. The minimum absolute atomic E-state index is 0.157. The van der Waals surface area contributed by atoms with Crippen LogP contribution in [0.2, 0.25) is 5.02 Å². The van der Waals surface area contributed by atoms with Crippen molar-refractivity contribution in [1.29, 1.82) is 0 Å².